The number of hydrogen-bond acceptors (Lipinski definition) is 8. The number of benzene rings is 2. The third-order valence-corrected chi connectivity index (χ3v) is 7.58. The van der Waals surface area contributed by atoms with E-state index < -0.39 is 0 Å². The third kappa shape index (κ3) is 5.52. The highest BCUT2D eigenvalue weighted by atomic mass is 35.5. The number of morpholine rings is 1. The number of ether oxygens (including phenoxy) is 2. The Balaban J connectivity index is 1.13. The van der Waals surface area contributed by atoms with Crippen molar-refractivity contribution in [1.82, 2.24) is 29.4 Å². The Kier molecular flexibility index (Phi) is 7.53. The number of pyridine rings is 1. The lowest BCUT2D eigenvalue weighted by Gasteiger charge is -2.31. The molecule has 1 aliphatic heterocycles. The van der Waals surface area contributed by atoms with E-state index in [0.29, 0.717) is 32.1 Å². The maximum absolute atomic E-state index is 6.87. The second-order valence-corrected chi connectivity index (χ2v) is 9.93. The van der Waals surface area contributed by atoms with Gasteiger partial charge in [-0.3, -0.25) is 9.88 Å². The van der Waals surface area contributed by atoms with E-state index in [1.165, 1.54) is 0 Å². The number of alkyl halides is 1. The van der Waals surface area contributed by atoms with E-state index in [-0.39, 0.29) is 5.50 Å². The predicted octanol–water partition coefficient (Wildman–Crippen LogP) is 4.66. The highest BCUT2D eigenvalue weighted by Gasteiger charge is 2.22. The minimum absolute atomic E-state index is 0.198. The SMILES string of the molecule is COc1ccc(Cn2cnc3c(NCCc4cc5cccc(C(Cl)N6CCOCC6)c5cn4)ncnc32)cc1. The molecule has 0 aliphatic carbocycles. The highest BCUT2D eigenvalue weighted by Crippen LogP contribution is 2.32. The van der Waals surface area contributed by atoms with Crippen LogP contribution in [-0.4, -0.2) is 69.4 Å². The summed E-state index contributed by atoms with van der Waals surface area (Å²) < 4.78 is 12.8. The quantitative estimate of drug-likeness (QED) is 0.212. The van der Waals surface area contributed by atoms with Crippen LogP contribution < -0.4 is 10.1 Å². The van der Waals surface area contributed by atoms with Crippen LogP contribution in [0, 0.1) is 0 Å². The zero-order valence-corrected chi connectivity index (χ0v) is 22.5. The van der Waals surface area contributed by atoms with Crippen molar-refractivity contribution in [3.05, 3.63) is 84.2 Å². The van der Waals surface area contributed by atoms with Crippen molar-refractivity contribution in [2.24, 2.45) is 0 Å². The third-order valence-electron chi connectivity index (χ3n) is 7.06. The molecule has 1 fully saturated rings. The Labute approximate surface area is 231 Å². The van der Waals surface area contributed by atoms with E-state index in [4.69, 9.17) is 26.1 Å². The van der Waals surface area contributed by atoms with Gasteiger partial charge in [-0.1, -0.05) is 30.3 Å². The topological polar surface area (TPSA) is 90.2 Å². The largest absolute Gasteiger partial charge is 0.497 e. The van der Waals surface area contributed by atoms with Crippen LogP contribution in [0.15, 0.2) is 67.4 Å². The molecule has 10 heteroatoms. The number of aromatic nitrogens is 5. The number of nitrogens with zero attached hydrogens (tertiary/aromatic N) is 6. The van der Waals surface area contributed by atoms with Gasteiger partial charge in [0.15, 0.2) is 11.5 Å². The Hall–Kier alpha value is -3.79. The molecule has 0 bridgehead atoms. The van der Waals surface area contributed by atoms with Crippen LogP contribution in [0.1, 0.15) is 22.3 Å². The number of nitrogens with one attached hydrogen (secondary N) is 1. The van der Waals surface area contributed by atoms with E-state index in [2.05, 4.69) is 49.4 Å². The molecule has 3 aromatic heterocycles. The molecule has 4 heterocycles. The highest BCUT2D eigenvalue weighted by molar-refractivity contribution is 6.21. The van der Waals surface area contributed by atoms with Gasteiger partial charge in [-0.25, -0.2) is 15.0 Å². The fourth-order valence-corrected chi connectivity index (χ4v) is 5.33. The molecule has 200 valence electrons. The molecule has 1 aliphatic rings. The first-order valence-electron chi connectivity index (χ1n) is 13.1. The summed E-state index contributed by atoms with van der Waals surface area (Å²) in [4.78, 5) is 20.5. The number of imidazole rings is 1. The maximum Gasteiger partial charge on any atom is 0.165 e. The Morgan fingerprint density at radius 3 is 2.72 bits per heavy atom. The standard InChI is InChI=1S/C29H30ClN7O2/c1-38-23-7-5-20(6-8-23)17-37-19-35-26-28(33-18-34-29(26)37)31-10-9-22-15-21-3-2-4-24(25(21)16-32-22)27(30)36-11-13-39-14-12-36/h2-8,15-16,18-19,27H,9-14,17H2,1H3,(H,31,33,34). The van der Waals surface area contributed by atoms with E-state index in [0.717, 1.165) is 64.0 Å². The van der Waals surface area contributed by atoms with E-state index in [9.17, 15) is 0 Å². The van der Waals surface area contributed by atoms with Gasteiger partial charge < -0.3 is 19.4 Å². The summed E-state index contributed by atoms with van der Waals surface area (Å²) in [5.74, 6) is 1.55. The number of hydrogen-bond donors (Lipinski definition) is 1. The molecule has 0 spiro atoms. The molecule has 1 saturated heterocycles. The van der Waals surface area contributed by atoms with Crippen LogP contribution in [0.5, 0.6) is 5.75 Å². The van der Waals surface area contributed by atoms with Crippen molar-refractivity contribution in [3.8, 4) is 5.75 Å². The summed E-state index contributed by atoms with van der Waals surface area (Å²) in [5, 5.41) is 5.65. The monoisotopic (exact) mass is 543 g/mol. The van der Waals surface area contributed by atoms with Crippen LogP contribution >= 0.6 is 11.6 Å². The number of rotatable bonds is 9. The molecule has 0 radical (unpaired) electrons. The zero-order chi connectivity index (χ0) is 26.6. The first kappa shape index (κ1) is 25.5. The van der Waals surface area contributed by atoms with Gasteiger partial charge >= 0.3 is 0 Å². The lowest BCUT2D eigenvalue weighted by Crippen LogP contribution is -2.37. The lowest BCUT2D eigenvalue weighted by molar-refractivity contribution is 0.0313. The van der Waals surface area contributed by atoms with Crippen molar-refractivity contribution in [1.29, 1.82) is 0 Å². The second-order valence-electron chi connectivity index (χ2n) is 9.52. The first-order chi connectivity index (χ1) is 19.2. The Morgan fingerprint density at radius 1 is 1.05 bits per heavy atom. The summed E-state index contributed by atoms with van der Waals surface area (Å²) in [7, 11) is 1.67. The van der Waals surface area contributed by atoms with E-state index >= 15 is 0 Å². The minimum atomic E-state index is -0.198. The summed E-state index contributed by atoms with van der Waals surface area (Å²) >= 11 is 6.87. The van der Waals surface area contributed by atoms with Crippen LogP contribution in [0.2, 0.25) is 0 Å². The number of methoxy groups -OCH3 is 1. The number of halogens is 1. The molecule has 9 nitrogen and oxygen atoms in total. The van der Waals surface area contributed by atoms with Gasteiger partial charge in [-0.05, 0) is 34.7 Å². The predicted molar refractivity (Wildman–Crippen MR) is 152 cm³/mol. The zero-order valence-electron chi connectivity index (χ0n) is 21.8. The molecule has 2 aromatic carbocycles. The average Bonchev–Trinajstić information content (AvgIpc) is 3.40. The van der Waals surface area contributed by atoms with Gasteiger partial charge in [0.25, 0.3) is 0 Å². The minimum Gasteiger partial charge on any atom is -0.497 e. The maximum atomic E-state index is 6.87. The van der Waals surface area contributed by atoms with E-state index in [1.54, 1.807) is 19.8 Å². The van der Waals surface area contributed by atoms with Crippen LogP contribution in [0.25, 0.3) is 21.9 Å². The fraction of sp³-hybridized carbons (Fsp3) is 0.310. The van der Waals surface area contributed by atoms with Crippen molar-refractivity contribution >= 4 is 39.4 Å². The first-order valence-corrected chi connectivity index (χ1v) is 13.5. The molecule has 39 heavy (non-hydrogen) atoms. The molecule has 0 amide bonds. The van der Waals surface area contributed by atoms with Crippen molar-refractivity contribution in [2.75, 3.05) is 45.3 Å². The van der Waals surface area contributed by atoms with Crippen molar-refractivity contribution in [3.63, 3.8) is 0 Å². The molecular formula is C29H30ClN7O2. The molecule has 1 N–H and O–H groups in total. The Morgan fingerprint density at radius 2 is 1.90 bits per heavy atom. The molecular weight excluding hydrogens is 514 g/mol. The summed E-state index contributed by atoms with van der Waals surface area (Å²) in [5.41, 5.74) is 4.56. The Bertz CT molecular complexity index is 1570. The van der Waals surface area contributed by atoms with Crippen molar-refractivity contribution < 1.29 is 9.47 Å². The van der Waals surface area contributed by atoms with Crippen molar-refractivity contribution in [2.45, 2.75) is 18.5 Å². The molecule has 1 atom stereocenters. The average molecular weight is 544 g/mol. The summed E-state index contributed by atoms with van der Waals surface area (Å²) in [6.07, 6.45) is 6.06. The lowest BCUT2D eigenvalue weighted by atomic mass is 10.0. The molecule has 5 aromatic rings. The van der Waals surface area contributed by atoms with Gasteiger partial charge in [-0.2, -0.15) is 0 Å². The molecule has 6 rings (SSSR count). The van der Waals surface area contributed by atoms with Gasteiger partial charge in [0.05, 0.1) is 33.2 Å². The summed E-state index contributed by atoms with van der Waals surface area (Å²) in [6, 6.07) is 16.4. The van der Waals surface area contributed by atoms with Gasteiger partial charge in [0.2, 0.25) is 0 Å². The van der Waals surface area contributed by atoms with Gasteiger partial charge in [-0.15, -0.1) is 11.6 Å². The van der Waals surface area contributed by atoms with Crippen LogP contribution in [-0.2, 0) is 17.7 Å². The van der Waals surface area contributed by atoms with Crippen LogP contribution in [0.4, 0.5) is 5.82 Å². The number of fused-ring (bicyclic) bond motifs is 2. The van der Waals surface area contributed by atoms with Crippen LogP contribution in [0.3, 0.4) is 0 Å². The van der Waals surface area contributed by atoms with Gasteiger partial charge in [0.1, 0.15) is 23.1 Å². The molecule has 0 saturated carbocycles. The normalized spacial score (nSPS) is 15.0. The van der Waals surface area contributed by atoms with Gasteiger partial charge in [0, 0.05) is 43.3 Å². The smallest absolute Gasteiger partial charge is 0.165 e. The molecule has 1 unspecified atom stereocenters. The fourth-order valence-electron chi connectivity index (χ4n) is 4.95. The summed E-state index contributed by atoms with van der Waals surface area (Å²) in [6.45, 7) is 4.42. The second kappa shape index (κ2) is 11.5. The number of anilines is 1. The van der Waals surface area contributed by atoms with E-state index in [1.807, 2.05) is 35.0 Å².